The van der Waals surface area contributed by atoms with Crippen LogP contribution in [0.3, 0.4) is 0 Å². The Kier molecular flexibility index (Phi) is 4.18. The van der Waals surface area contributed by atoms with Gasteiger partial charge in [0, 0.05) is 5.02 Å². The van der Waals surface area contributed by atoms with Crippen molar-refractivity contribution < 1.29 is 5.11 Å². The summed E-state index contributed by atoms with van der Waals surface area (Å²) in [4.78, 5) is 0. The molecule has 1 aliphatic carbocycles. The lowest BCUT2D eigenvalue weighted by Crippen LogP contribution is -2.42. The molecule has 0 radical (unpaired) electrons. The molecule has 1 fully saturated rings. The lowest BCUT2D eigenvalue weighted by atomic mass is 9.66. The Bertz CT molecular complexity index is 482. The van der Waals surface area contributed by atoms with Crippen LogP contribution in [0.1, 0.15) is 51.0 Å². The molecule has 1 atom stereocenters. The molecule has 1 aromatic carbocycles. The molecule has 3 heteroatoms. The maximum atomic E-state index is 11.0. The summed E-state index contributed by atoms with van der Waals surface area (Å²) >= 11 is 6.02. The zero-order valence-electron chi connectivity index (χ0n) is 11.3. The predicted molar refractivity (Wildman–Crippen MR) is 76.8 cm³/mol. The van der Waals surface area contributed by atoms with Gasteiger partial charge < -0.3 is 5.11 Å². The molecular formula is C16H20ClNO. The van der Waals surface area contributed by atoms with E-state index < -0.39 is 11.0 Å². The number of hydrogen-bond acceptors (Lipinski definition) is 2. The third-order valence-electron chi connectivity index (χ3n) is 4.49. The lowest BCUT2D eigenvalue weighted by Gasteiger charge is -2.40. The first kappa shape index (κ1) is 14.4. The number of rotatable bonds is 2. The first-order valence-electron chi connectivity index (χ1n) is 6.91. The molecule has 0 amide bonds. The van der Waals surface area contributed by atoms with Gasteiger partial charge in [-0.15, -0.1) is 0 Å². The predicted octanol–water partition coefficient (Wildman–Crippen LogP) is 4.41. The molecule has 1 unspecified atom stereocenters. The van der Waals surface area contributed by atoms with Crippen molar-refractivity contribution in [2.45, 2.75) is 51.0 Å². The molecule has 0 saturated heterocycles. The summed E-state index contributed by atoms with van der Waals surface area (Å²) in [6, 6.07) is 9.66. The van der Waals surface area contributed by atoms with E-state index in [-0.39, 0.29) is 0 Å². The van der Waals surface area contributed by atoms with Gasteiger partial charge in [0.15, 0.2) is 0 Å². The summed E-state index contributed by atoms with van der Waals surface area (Å²) in [7, 11) is 0. The Balaban J connectivity index is 2.43. The summed E-state index contributed by atoms with van der Waals surface area (Å²) in [6.45, 7) is 1.76. The highest BCUT2D eigenvalue weighted by atomic mass is 35.5. The maximum absolute atomic E-state index is 11.0. The third-order valence-corrected chi connectivity index (χ3v) is 4.72. The minimum atomic E-state index is -1.16. The largest absolute Gasteiger partial charge is 0.384 e. The second kappa shape index (κ2) is 5.53. The van der Waals surface area contributed by atoms with Gasteiger partial charge in [0.05, 0.1) is 11.5 Å². The van der Waals surface area contributed by atoms with Crippen molar-refractivity contribution in [1.82, 2.24) is 0 Å². The van der Waals surface area contributed by atoms with E-state index in [0.29, 0.717) is 5.02 Å². The Morgan fingerprint density at radius 2 is 1.89 bits per heavy atom. The fourth-order valence-corrected chi connectivity index (χ4v) is 3.30. The van der Waals surface area contributed by atoms with Crippen molar-refractivity contribution in [1.29, 1.82) is 5.26 Å². The van der Waals surface area contributed by atoms with E-state index in [1.165, 1.54) is 0 Å². The highest BCUT2D eigenvalue weighted by Crippen LogP contribution is 2.48. The average Bonchev–Trinajstić information content (AvgIpc) is 2.65. The van der Waals surface area contributed by atoms with Gasteiger partial charge in [-0.3, -0.25) is 0 Å². The van der Waals surface area contributed by atoms with Crippen LogP contribution in [0.15, 0.2) is 24.3 Å². The van der Waals surface area contributed by atoms with Gasteiger partial charge in [0.1, 0.15) is 5.60 Å². The number of nitrogens with zero attached hydrogens (tertiary/aromatic N) is 1. The number of hydrogen-bond donors (Lipinski definition) is 1. The van der Waals surface area contributed by atoms with E-state index in [9.17, 15) is 10.4 Å². The van der Waals surface area contributed by atoms with E-state index in [1.807, 2.05) is 12.1 Å². The fraction of sp³-hybridized carbons (Fsp3) is 0.562. The van der Waals surface area contributed by atoms with Crippen molar-refractivity contribution in [3.63, 3.8) is 0 Å². The fourth-order valence-electron chi connectivity index (χ4n) is 3.11. The van der Waals surface area contributed by atoms with E-state index in [2.05, 4.69) is 6.07 Å². The standard InChI is InChI=1S/C16H20ClNO/c1-15(19,13-7-6-8-14(17)11-13)16(12-18)9-4-2-3-5-10-16/h6-8,11,19H,2-5,9-10H2,1H3. The summed E-state index contributed by atoms with van der Waals surface area (Å²) in [6.07, 6.45) is 5.81. The van der Waals surface area contributed by atoms with Crippen molar-refractivity contribution in [3.05, 3.63) is 34.9 Å². The topological polar surface area (TPSA) is 44.0 Å². The summed E-state index contributed by atoms with van der Waals surface area (Å²) in [5.74, 6) is 0. The van der Waals surface area contributed by atoms with Gasteiger partial charge in [-0.05, 0) is 37.5 Å². The normalized spacial score (nSPS) is 22.0. The first-order chi connectivity index (χ1) is 9.02. The Hall–Kier alpha value is -1.04. The van der Waals surface area contributed by atoms with E-state index in [1.54, 1.807) is 19.1 Å². The Morgan fingerprint density at radius 3 is 2.42 bits per heavy atom. The average molecular weight is 278 g/mol. The van der Waals surface area contributed by atoms with Crippen molar-refractivity contribution in [3.8, 4) is 6.07 Å². The molecule has 1 aromatic rings. The maximum Gasteiger partial charge on any atom is 0.105 e. The summed E-state index contributed by atoms with van der Waals surface area (Å²) in [5.41, 5.74) is -1.12. The minimum absolute atomic E-state index is 0.597. The number of halogens is 1. The molecule has 0 aromatic heterocycles. The Morgan fingerprint density at radius 1 is 1.26 bits per heavy atom. The van der Waals surface area contributed by atoms with Gasteiger partial charge in [-0.2, -0.15) is 5.26 Å². The minimum Gasteiger partial charge on any atom is -0.384 e. The second-order valence-electron chi connectivity index (χ2n) is 5.69. The lowest BCUT2D eigenvalue weighted by molar-refractivity contribution is -0.0533. The van der Waals surface area contributed by atoms with Crippen LogP contribution >= 0.6 is 11.6 Å². The molecule has 1 saturated carbocycles. The molecule has 0 aliphatic heterocycles. The van der Waals surface area contributed by atoms with E-state index >= 15 is 0 Å². The molecular weight excluding hydrogens is 258 g/mol. The van der Waals surface area contributed by atoms with E-state index in [0.717, 1.165) is 44.1 Å². The van der Waals surface area contributed by atoms with E-state index in [4.69, 9.17) is 11.6 Å². The molecule has 1 N–H and O–H groups in total. The molecule has 2 nitrogen and oxygen atoms in total. The number of benzene rings is 1. The molecule has 19 heavy (non-hydrogen) atoms. The summed E-state index contributed by atoms with van der Waals surface area (Å²) < 4.78 is 0. The van der Waals surface area contributed by atoms with Crippen LogP contribution in [0, 0.1) is 16.7 Å². The van der Waals surface area contributed by atoms with Crippen LogP contribution in [0.4, 0.5) is 0 Å². The van der Waals surface area contributed by atoms with Crippen LogP contribution in [0.2, 0.25) is 5.02 Å². The second-order valence-corrected chi connectivity index (χ2v) is 6.13. The van der Waals surface area contributed by atoms with Crippen LogP contribution < -0.4 is 0 Å². The van der Waals surface area contributed by atoms with Gasteiger partial charge in [0.2, 0.25) is 0 Å². The molecule has 1 aliphatic rings. The molecule has 0 heterocycles. The van der Waals surface area contributed by atoms with Crippen molar-refractivity contribution >= 4 is 11.6 Å². The SMILES string of the molecule is CC(O)(c1cccc(Cl)c1)C1(C#N)CCCCCC1. The number of aliphatic hydroxyl groups is 1. The third kappa shape index (κ3) is 2.63. The highest BCUT2D eigenvalue weighted by molar-refractivity contribution is 6.30. The quantitative estimate of drug-likeness (QED) is 0.814. The monoisotopic (exact) mass is 277 g/mol. The van der Waals surface area contributed by atoms with Crippen LogP contribution in [-0.4, -0.2) is 5.11 Å². The van der Waals surface area contributed by atoms with Gasteiger partial charge in [-0.1, -0.05) is 49.4 Å². The smallest absolute Gasteiger partial charge is 0.105 e. The van der Waals surface area contributed by atoms with Gasteiger partial charge >= 0.3 is 0 Å². The van der Waals surface area contributed by atoms with Crippen LogP contribution in [-0.2, 0) is 5.60 Å². The van der Waals surface area contributed by atoms with Crippen molar-refractivity contribution in [2.75, 3.05) is 0 Å². The summed E-state index contributed by atoms with van der Waals surface area (Å²) in [5, 5.41) is 21.3. The molecule has 2 rings (SSSR count). The molecule has 0 bridgehead atoms. The van der Waals surface area contributed by atoms with Crippen LogP contribution in [0.25, 0.3) is 0 Å². The molecule has 0 spiro atoms. The van der Waals surface area contributed by atoms with Gasteiger partial charge in [-0.25, -0.2) is 0 Å². The van der Waals surface area contributed by atoms with Crippen LogP contribution in [0.5, 0.6) is 0 Å². The first-order valence-corrected chi connectivity index (χ1v) is 7.29. The highest BCUT2D eigenvalue weighted by Gasteiger charge is 2.48. The van der Waals surface area contributed by atoms with Crippen molar-refractivity contribution in [2.24, 2.45) is 5.41 Å². The Labute approximate surface area is 120 Å². The van der Waals surface area contributed by atoms with Gasteiger partial charge in [0.25, 0.3) is 0 Å². The number of nitriles is 1. The zero-order valence-corrected chi connectivity index (χ0v) is 12.1. The molecule has 102 valence electrons. The zero-order chi connectivity index (χ0) is 13.9.